The van der Waals surface area contributed by atoms with Gasteiger partial charge in [-0.3, -0.25) is 4.79 Å². The van der Waals surface area contributed by atoms with Crippen molar-refractivity contribution in [2.24, 2.45) is 5.10 Å². The van der Waals surface area contributed by atoms with Crippen LogP contribution in [0.1, 0.15) is 12.5 Å². The first kappa shape index (κ1) is 19.9. The van der Waals surface area contributed by atoms with E-state index in [2.05, 4.69) is 22.7 Å². The molecular weight excluding hydrogens is 395 g/mol. The lowest BCUT2D eigenvalue weighted by Gasteiger charge is -2.14. The Morgan fingerprint density at radius 3 is 2.36 bits per heavy atom. The minimum absolute atomic E-state index is 0.342. The topological polar surface area (TPSA) is 50.7 Å². The second kappa shape index (κ2) is 9.40. The minimum Gasteiger partial charge on any atom is -0.479 e. The summed E-state index contributed by atoms with van der Waals surface area (Å²) in [6.45, 7) is 1.62. The van der Waals surface area contributed by atoms with E-state index in [1.165, 1.54) is 0 Å². The number of amides is 1. The molecule has 1 atom stereocenters. The predicted molar refractivity (Wildman–Crippen MR) is 114 cm³/mol. The second-order valence-electron chi connectivity index (χ2n) is 6.06. The first-order chi connectivity index (χ1) is 13.5. The Hall–Kier alpha value is -2.82. The minimum atomic E-state index is -0.767. The molecule has 3 aromatic rings. The molecule has 0 bridgehead atoms. The standard InChI is InChI=1S/C22H18Cl2N2O2/c1-15(28-21-12-11-19(23)13-20(21)24)22(27)26-25-14-16-7-9-18(10-8-16)17-5-3-2-4-6-17/h2-15H,1H3,(H,26,27)/b25-14+. The molecular formula is C22H18Cl2N2O2. The van der Waals surface area contributed by atoms with Crippen LogP contribution in [0.15, 0.2) is 77.9 Å². The number of nitrogens with one attached hydrogen (secondary N) is 1. The Morgan fingerprint density at radius 1 is 1.00 bits per heavy atom. The summed E-state index contributed by atoms with van der Waals surface area (Å²) in [6, 6.07) is 22.8. The molecule has 0 heterocycles. The Kier molecular flexibility index (Phi) is 6.69. The van der Waals surface area contributed by atoms with Gasteiger partial charge in [0.15, 0.2) is 6.10 Å². The van der Waals surface area contributed by atoms with Gasteiger partial charge in [0.2, 0.25) is 0 Å². The molecule has 0 fully saturated rings. The highest BCUT2D eigenvalue weighted by Crippen LogP contribution is 2.28. The molecule has 0 aromatic heterocycles. The lowest BCUT2D eigenvalue weighted by atomic mass is 10.0. The molecule has 4 nitrogen and oxygen atoms in total. The number of hydrogen-bond acceptors (Lipinski definition) is 3. The quantitative estimate of drug-likeness (QED) is 0.424. The van der Waals surface area contributed by atoms with Gasteiger partial charge >= 0.3 is 0 Å². The van der Waals surface area contributed by atoms with E-state index in [0.29, 0.717) is 15.8 Å². The van der Waals surface area contributed by atoms with Crippen molar-refractivity contribution in [3.63, 3.8) is 0 Å². The molecule has 0 radical (unpaired) electrons. The molecule has 0 aliphatic rings. The van der Waals surface area contributed by atoms with Crippen LogP contribution in [-0.2, 0) is 4.79 Å². The normalized spacial score (nSPS) is 12.0. The molecule has 0 spiro atoms. The van der Waals surface area contributed by atoms with Crippen LogP contribution in [0.5, 0.6) is 5.75 Å². The average Bonchev–Trinajstić information content (AvgIpc) is 2.71. The zero-order valence-electron chi connectivity index (χ0n) is 15.1. The van der Waals surface area contributed by atoms with Crippen LogP contribution in [0.4, 0.5) is 0 Å². The summed E-state index contributed by atoms with van der Waals surface area (Å²) in [5.41, 5.74) is 5.59. The third-order valence-electron chi connectivity index (χ3n) is 3.97. The molecule has 1 N–H and O–H groups in total. The summed E-state index contributed by atoms with van der Waals surface area (Å²) in [6.07, 6.45) is 0.811. The Bertz CT molecular complexity index is 974. The molecule has 6 heteroatoms. The van der Waals surface area contributed by atoms with Gasteiger partial charge in [-0.05, 0) is 41.8 Å². The SMILES string of the molecule is CC(Oc1ccc(Cl)cc1Cl)C(=O)N/N=C/c1ccc(-c2ccccc2)cc1. The average molecular weight is 413 g/mol. The third-order valence-corrected chi connectivity index (χ3v) is 4.50. The van der Waals surface area contributed by atoms with Crippen molar-refractivity contribution in [3.05, 3.63) is 88.4 Å². The number of rotatable bonds is 6. The van der Waals surface area contributed by atoms with E-state index < -0.39 is 6.10 Å². The summed E-state index contributed by atoms with van der Waals surface area (Å²) in [5, 5.41) is 4.82. The fourth-order valence-corrected chi connectivity index (χ4v) is 2.92. The summed E-state index contributed by atoms with van der Waals surface area (Å²) in [4.78, 5) is 12.1. The van der Waals surface area contributed by atoms with E-state index in [1.807, 2.05) is 42.5 Å². The highest BCUT2D eigenvalue weighted by Gasteiger charge is 2.15. The maximum Gasteiger partial charge on any atom is 0.280 e. The van der Waals surface area contributed by atoms with Crippen LogP contribution < -0.4 is 10.2 Å². The number of hydrazone groups is 1. The number of carbonyl (C=O) groups excluding carboxylic acids is 1. The van der Waals surface area contributed by atoms with Crippen LogP contribution >= 0.6 is 23.2 Å². The van der Waals surface area contributed by atoms with E-state index in [1.54, 1.807) is 31.3 Å². The van der Waals surface area contributed by atoms with Gasteiger partial charge in [0.1, 0.15) is 5.75 Å². The van der Waals surface area contributed by atoms with Crippen molar-refractivity contribution in [1.29, 1.82) is 0 Å². The summed E-state index contributed by atoms with van der Waals surface area (Å²) in [7, 11) is 0. The number of halogens is 2. The Labute approximate surface area is 173 Å². The van der Waals surface area contributed by atoms with Gasteiger partial charge in [-0.25, -0.2) is 5.43 Å². The van der Waals surface area contributed by atoms with Gasteiger partial charge in [0.05, 0.1) is 11.2 Å². The maximum atomic E-state index is 12.1. The molecule has 142 valence electrons. The molecule has 0 aliphatic carbocycles. The molecule has 0 saturated carbocycles. The number of ether oxygens (including phenoxy) is 1. The molecule has 3 aromatic carbocycles. The van der Waals surface area contributed by atoms with Gasteiger partial charge < -0.3 is 4.74 Å². The fourth-order valence-electron chi connectivity index (χ4n) is 2.47. The largest absolute Gasteiger partial charge is 0.479 e. The molecule has 1 amide bonds. The Balaban J connectivity index is 1.55. The first-order valence-electron chi connectivity index (χ1n) is 8.63. The summed E-state index contributed by atoms with van der Waals surface area (Å²) < 4.78 is 5.55. The van der Waals surface area contributed by atoms with Gasteiger partial charge in [0, 0.05) is 5.02 Å². The molecule has 0 saturated heterocycles. The van der Waals surface area contributed by atoms with Gasteiger partial charge in [-0.1, -0.05) is 77.8 Å². The summed E-state index contributed by atoms with van der Waals surface area (Å²) >= 11 is 11.9. The molecule has 1 unspecified atom stereocenters. The maximum absolute atomic E-state index is 12.1. The van der Waals surface area contributed by atoms with Crippen LogP contribution in [0.2, 0.25) is 10.0 Å². The number of carbonyl (C=O) groups is 1. The van der Waals surface area contributed by atoms with Gasteiger partial charge in [-0.2, -0.15) is 5.10 Å². The third kappa shape index (κ3) is 5.35. The highest BCUT2D eigenvalue weighted by molar-refractivity contribution is 6.35. The van der Waals surface area contributed by atoms with E-state index in [-0.39, 0.29) is 5.91 Å². The zero-order valence-corrected chi connectivity index (χ0v) is 16.6. The van der Waals surface area contributed by atoms with E-state index >= 15 is 0 Å². The summed E-state index contributed by atoms with van der Waals surface area (Å²) in [5.74, 6) is -0.00244. The fraction of sp³-hybridized carbons (Fsp3) is 0.0909. The van der Waals surface area contributed by atoms with Crippen molar-refractivity contribution >= 4 is 35.3 Å². The monoisotopic (exact) mass is 412 g/mol. The second-order valence-corrected chi connectivity index (χ2v) is 6.90. The zero-order chi connectivity index (χ0) is 19.9. The molecule has 0 aliphatic heterocycles. The Morgan fingerprint density at radius 2 is 1.68 bits per heavy atom. The number of nitrogens with zero attached hydrogens (tertiary/aromatic N) is 1. The van der Waals surface area contributed by atoms with Crippen molar-refractivity contribution in [1.82, 2.24) is 5.43 Å². The highest BCUT2D eigenvalue weighted by atomic mass is 35.5. The van der Waals surface area contributed by atoms with Crippen molar-refractivity contribution in [2.75, 3.05) is 0 Å². The van der Waals surface area contributed by atoms with Gasteiger partial charge in [0.25, 0.3) is 5.91 Å². The lowest BCUT2D eigenvalue weighted by Crippen LogP contribution is -2.33. The predicted octanol–water partition coefficient (Wildman–Crippen LogP) is 5.58. The van der Waals surface area contributed by atoms with E-state index in [9.17, 15) is 4.79 Å². The number of hydrogen-bond donors (Lipinski definition) is 1. The molecule has 28 heavy (non-hydrogen) atoms. The van der Waals surface area contributed by atoms with Crippen LogP contribution in [-0.4, -0.2) is 18.2 Å². The smallest absolute Gasteiger partial charge is 0.280 e. The molecule has 3 rings (SSSR count). The van der Waals surface area contributed by atoms with Gasteiger partial charge in [-0.15, -0.1) is 0 Å². The van der Waals surface area contributed by atoms with E-state index in [0.717, 1.165) is 16.7 Å². The van der Waals surface area contributed by atoms with Crippen LogP contribution in [0.25, 0.3) is 11.1 Å². The van der Waals surface area contributed by atoms with E-state index in [4.69, 9.17) is 27.9 Å². The van der Waals surface area contributed by atoms with Crippen molar-refractivity contribution < 1.29 is 9.53 Å². The number of benzene rings is 3. The lowest BCUT2D eigenvalue weighted by molar-refractivity contribution is -0.127. The van der Waals surface area contributed by atoms with Crippen molar-refractivity contribution in [3.8, 4) is 16.9 Å². The first-order valence-corrected chi connectivity index (χ1v) is 9.38. The van der Waals surface area contributed by atoms with Crippen molar-refractivity contribution in [2.45, 2.75) is 13.0 Å². The van der Waals surface area contributed by atoms with Crippen LogP contribution in [0, 0.1) is 0 Å². The van der Waals surface area contributed by atoms with Crippen LogP contribution in [0.3, 0.4) is 0 Å².